The Morgan fingerprint density at radius 3 is 2.91 bits per heavy atom. The normalized spacial score (nSPS) is 9.91. The average Bonchev–Trinajstić information content (AvgIpc) is 1.95. The van der Waals surface area contributed by atoms with E-state index < -0.39 is 0 Å². The predicted octanol–water partition coefficient (Wildman–Crippen LogP) is -0.0663. The molecule has 0 saturated heterocycles. The van der Waals surface area contributed by atoms with Crippen LogP contribution >= 0.6 is 12.2 Å². The van der Waals surface area contributed by atoms with Gasteiger partial charge in [-0.3, -0.25) is 9.78 Å². The van der Waals surface area contributed by atoms with Crippen molar-refractivity contribution in [2.75, 3.05) is 6.54 Å². The molecule has 0 fully saturated rings. The highest BCUT2D eigenvalue weighted by Gasteiger charge is 1.95. The predicted molar refractivity (Wildman–Crippen MR) is 45.0 cm³/mol. The molecule has 4 N–H and O–H groups in total. The third kappa shape index (κ3) is 1.99. The summed E-state index contributed by atoms with van der Waals surface area (Å²) in [6, 6.07) is 0. The molecular weight excluding hydrogens is 162 g/mol. The van der Waals surface area contributed by atoms with Crippen LogP contribution in [0.5, 0.6) is 0 Å². The van der Waals surface area contributed by atoms with Gasteiger partial charge in [-0.25, -0.2) is 0 Å². The number of nitrogens with two attached hydrogens (primary N) is 1. The number of hydrogen-bond acceptors (Lipinski definition) is 3. The maximum absolute atomic E-state index is 11.0. The zero-order valence-corrected chi connectivity index (χ0v) is 6.70. The number of H-pyrrole nitrogens is 2. The lowest BCUT2D eigenvalue weighted by molar-refractivity contribution is 0.915. The standard InChI is InChI=1S/C6H9N3OS/c7-2-1-4-3-8-6(11)9-5(4)10/h3H,1-2,7H2,(H2,8,9,10,11). The van der Waals surface area contributed by atoms with Gasteiger partial charge in [-0.1, -0.05) is 0 Å². The van der Waals surface area contributed by atoms with Crippen LogP contribution in [0.2, 0.25) is 0 Å². The Hall–Kier alpha value is -0.940. The van der Waals surface area contributed by atoms with Crippen LogP contribution in [-0.2, 0) is 6.42 Å². The van der Waals surface area contributed by atoms with Crippen molar-refractivity contribution in [1.82, 2.24) is 9.97 Å². The third-order valence-corrected chi connectivity index (χ3v) is 1.53. The quantitative estimate of drug-likeness (QED) is 0.545. The molecule has 0 unspecified atom stereocenters. The van der Waals surface area contributed by atoms with Crippen LogP contribution in [0.25, 0.3) is 0 Å². The number of rotatable bonds is 2. The summed E-state index contributed by atoms with van der Waals surface area (Å²) in [5, 5.41) is 0. The van der Waals surface area contributed by atoms with Gasteiger partial charge >= 0.3 is 0 Å². The zero-order valence-electron chi connectivity index (χ0n) is 5.89. The lowest BCUT2D eigenvalue weighted by Gasteiger charge is -1.94. The number of hydrogen-bond donors (Lipinski definition) is 3. The van der Waals surface area contributed by atoms with Crippen molar-refractivity contribution in [3.63, 3.8) is 0 Å². The third-order valence-electron chi connectivity index (χ3n) is 1.31. The van der Waals surface area contributed by atoms with Crippen LogP contribution in [0, 0.1) is 4.77 Å². The Labute approximate surface area is 68.5 Å². The molecule has 11 heavy (non-hydrogen) atoms. The molecule has 1 heterocycles. The molecule has 0 aliphatic rings. The molecule has 0 atom stereocenters. The van der Waals surface area contributed by atoms with Crippen LogP contribution in [0.15, 0.2) is 11.0 Å². The summed E-state index contributed by atoms with van der Waals surface area (Å²) in [5.74, 6) is 0. The summed E-state index contributed by atoms with van der Waals surface area (Å²) in [4.78, 5) is 16.2. The Balaban J connectivity index is 3.10. The largest absolute Gasteiger partial charge is 0.338 e. The van der Waals surface area contributed by atoms with Crippen molar-refractivity contribution in [3.05, 3.63) is 26.9 Å². The molecule has 60 valence electrons. The molecule has 1 rings (SSSR count). The van der Waals surface area contributed by atoms with Crippen LogP contribution in [0.3, 0.4) is 0 Å². The van der Waals surface area contributed by atoms with Crippen LogP contribution in [-0.4, -0.2) is 16.5 Å². The maximum atomic E-state index is 11.0. The van der Waals surface area contributed by atoms with Crippen molar-refractivity contribution >= 4 is 12.2 Å². The Bertz CT molecular complexity index is 340. The van der Waals surface area contributed by atoms with Crippen LogP contribution in [0.4, 0.5) is 0 Å². The molecule has 0 amide bonds. The first kappa shape index (κ1) is 8.16. The Morgan fingerprint density at radius 1 is 1.64 bits per heavy atom. The Kier molecular flexibility index (Phi) is 2.56. The average molecular weight is 171 g/mol. The molecule has 5 heteroatoms. The van der Waals surface area contributed by atoms with E-state index >= 15 is 0 Å². The van der Waals surface area contributed by atoms with E-state index in [-0.39, 0.29) is 5.56 Å². The molecule has 0 aliphatic carbocycles. The van der Waals surface area contributed by atoms with E-state index in [0.717, 1.165) is 0 Å². The minimum absolute atomic E-state index is 0.154. The minimum Gasteiger partial charge on any atom is -0.338 e. The summed E-state index contributed by atoms with van der Waals surface area (Å²) in [6.45, 7) is 0.466. The van der Waals surface area contributed by atoms with E-state index in [2.05, 4.69) is 9.97 Å². The Morgan fingerprint density at radius 2 is 2.36 bits per heavy atom. The lowest BCUT2D eigenvalue weighted by atomic mass is 10.2. The monoisotopic (exact) mass is 171 g/mol. The summed E-state index contributed by atoms with van der Waals surface area (Å²) >= 11 is 4.70. The van der Waals surface area contributed by atoms with E-state index in [1.165, 1.54) is 0 Å². The molecule has 1 aromatic heterocycles. The summed E-state index contributed by atoms with van der Waals surface area (Å²) in [6.07, 6.45) is 2.16. The maximum Gasteiger partial charge on any atom is 0.254 e. The van der Waals surface area contributed by atoms with Gasteiger partial charge in [-0.05, 0) is 25.2 Å². The first-order valence-corrected chi connectivity index (χ1v) is 3.66. The number of nitrogens with one attached hydrogen (secondary N) is 2. The van der Waals surface area contributed by atoms with E-state index in [9.17, 15) is 4.79 Å². The molecule has 1 aromatic rings. The highest BCUT2D eigenvalue weighted by molar-refractivity contribution is 7.71. The van der Waals surface area contributed by atoms with Gasteiger partial charge in [0.15, 0.2) is 4.77 Å². The number of aromatic amines is 2. The topological polar surface area (TPSA) is 74.7 Å². The van der Waals surface area contributed by atoms with Gasteiger partial charge in [0.1, 0.15) is 0 Å². The smallest absolute Gasteiger partial charge is 0.254 e. The zero-order chi connectivity index (χ0) is 8.27. The van der Waals surface area contributed by atoms with E-state index in [0.29, 0.717) is 23.3 Å². The van der Waals surface area contributed by atoms with E-state index in [4.69, 9.17) is 18.0 Å². The first-order chi connectivity index (χ1) is 5.24. The number of aromatic nitrogens is 2. The van der Waals surface area contributed by atoms with Gasteiger partial charge in [0, 0.05) is 11.8 Å². The van der Waals surface area contributed by atoms with Crippen LogP contribution < -0.4 is 11.3 Å². The minimum atomic E-state index is -0.154. The lowest BCUT2D eigenvalue weighted by Crippen LogP contribution is -2.16. The van der Waals surface area contributed by atoms with Crippen molar-refractivity contribution in [3.8, 4) is 0 Å². The van der Waals surface area contributed by atoms with Crippen molar-refractivity contribution in [2.45, 2.75) is 6.42 Å². The van der Waals surface area contributed by atoms with E-state index in [1.54, 1.807) is 6.20 Å². The molecule has 4 nitrogen and oxygen atoms in total. The van der Waals surface area contributed by atoms with Crippen molar-refractivity contribution < 1.29 is 0 Å². The van der Waals surface area contributed by atoms with Crippen molar-refractivity contribution in [1.29, 1.82) is 0 Å². The molecule has 0 bridgehead atoms. The molecule has 0 spiro atoms. The SMILES string of the molecule is NCCc1c[nH]c(=S)[nH]c1=O. The second-order valence-corrected chi connectivity index (χ2v) is 2.54. The summed E-state index contributed by atoms with van der Waals surface area (Å²) in [5.41, 5.74) is 5.76. The first-order valence-electron chi connectivity index (χ1n) is 3.25. The van der Waals surface area contributed by atoms with E-state index in [1.807, 2.05) is 0 Å². The van der Waals surface area contributed by atoms with Gasteiger partial charge in [0.25, 0.3) is 5.56 Å². The second-order valence-electron chi connectivity index (χ2n) is 2.14. The fourth-order valence-corrected chi connectivity index (χ4v) is 0.931. The summed E-state index contributed by atoms with van der Waals surface area (Å²) < 4.78 is 0.343. The molecule has 0 aliphatic heterocycles. The highest BCUT2D eigenvalue weighted by Crippen LogP contribution is 1.85. The molecule has 0 aromatic carbocycles. The highest BCUT2D eigenvalue weighted by atomic mass is 32.1. The fourth-order valence-electron chi connectivity index (χ4n) is 0.779. The molecular formula is C6H9N3OS. The molecule has 0 radical (unpaired) electrons. The fraction of sp³-hybridized carbons (Fsp3) is 0.333. The summed E-state index contributed by atoms with van der Waals surface area (Å²) in [7, 11) is 0. The van der Waals surface area contributed by atoms with Gasteiger partial charge in [-0.2, -0.15) is 0 Å². The van der Waals surface area contributed by atoms with Gasteiger partial charge in [0.2, 0.25) is 0 Å². The van der Waals surface area contributed by atoms with Gasteiger partial charge in [-0.15, -0.1) is 0 Å². The van der Waals surface area contributed by atoms with Crippen molar-refractivity contribution in [2.24, 2.45) is 5.73 Å². The van der Waals surface area contributed by atoms with Crippen LogP contribution in [0.1, 0.15) is 5.56 Å². The second kappa shape index (κ2) is 3.45. The van der Waals surface area contributed by atoms with Gasteiger partial charge < -0.3 is 10.7 Å². The molecule has 0 saturated carbocycles. The van der Waals surface area contributed by atoms with Gasteiger partial charge in [0.05, 0.1) is 0 Å².